The van der Waals surface area contributed by atoms with E-state index in [1.165, 1.54) is 23.1 Å². The van der Waals surface area contributed by atoms with Crippen LogP contribution in [0.25, 0.3) is 10.2 Å². The van der Waals surface area contributed by atoms with Crippen LogP contribution in [-0.4, -0.2) is 33.2 Å². The van der Waals surface area contributed by atoms with Gasteiger partial charge in [-0.1, -0.05) is 13.8 Å². The number of carbonyl (C=O) groups excluding carboxylic acids is 1. The fourth-order valence-electron chi connectivity index (χ4n) is 2.78. The normalized spacial score (nSPS) is 12.7. The Kier molecular flexibility index (Phi) is 8.79. The first-order chi connectivity index (χ1) is 12.3. The molecule has 0 spiro atoms. The fourth-order valence-corrected chi connectivity index (χ4v) is 4.58. The molecular formula is C18H29ClN4O2S2. The second-order valence-corrected chi connectivity index (χ2v) is 9.14. The zero-order valence-corrected chi connectivity index (χ0v) is 18.9. The second kappa shape index (κ2) is 9.91. The van der Waals surface area contributed by atoms with Gasteiger partial charge in [-0.15, -0.1) is 35.5 Å². The molecule has 1 unspecified atom stereocenters. The number of carbonyl (C=O) groups is 1. The number of aromatic nitrogens is 2. The van der Waals surface area contributed by atoms with Crippen LogP contribution in [0.3, 0.4) is 0 Å². The maximum Gasteiger partial charge on any atom is 0.259 e. The average molecular weight is 433 g/mol. The van der Waals surface area contributed by atoms with E-state index in [2.05, 4.69) is 15.3 Å². The summed E-state index contributed by atoms with van der Waals surface area (Å²) in [4.78, 5) is 34.1. The molecule has 0 aliphatic carbocycles. The third-order valence-corrected chi connectivity index (χ3v) is 7.32. The van der Waals surface area contributed by atoms with Gasteiger partial charge in [0.15, 0.2) is 0 Å². The zero-order valence-electron chi connectivity index (χ0n) is 16.5. The first kappa shape index (κ1) is 23.9. The maximum atomic E-state index is 12.5. The van der Waals surface area contributed by atoms with Crippen LogP contribution < -0.4 is 16.6 Å². The van der Waals surface area contributed by atoms with E-state index in [0.717, 1.165) is 28.1 Å². The summed E-state index contributed by atoms with van der Waals surface area (Å²) in [5.74, 6) is 1.05. The summed E-state index contributed by atoms with van der Waals surface area (Å²) in [7, 11) is 0. The Morgan fingerprint density at radius 2 is 2.00 bits per heavy atom. The van der Waals surface area contributed by atoms with E-state index in [1.807, 2.05) is 34.6 Å². The van der Waals surface area contributed by atoms with Gasteiger partial charge < -0.3 is 16.0 Å². The number of nitrogens with zero attached hydrogens (tertiary/aromatic N) is 1. The molecular weight excluding hydrogens is 404 g/mol. The summed E-state index contributed by atoms with van der Waals surface area (Å²) in [6.07, 6.45) is 1.59. The summed E-state index contributed by atoms with van der Waals surface area (Å²) < 4.78 is 0. The number of fused-ring (bicyclic) bond motifs is 1. The van der Waals surface area contributed by atoms with E-state index < -0.39 is 0 Å². The lowest BCUT2D eigenvalue weighted by atomic mass is 9.93. The molecule has 0 fully saturated rings. The lowest BCUT2D eigenvalue weighted by Crippen LogP contribution is -2.54. The predicted octanol–water partition coefficient (Wildman–Crippen LogP) is 3.28. The molecule has 0 aliphatic heterocycles. The summed E-state index contributed by atoms with van der Waals surface area (Å²) in [5, 5.41) is 3.51. The van der Waals surface area contributed by atoms with Gasteiger partial charge in [-0.05, 0) is 39.2 Å². The average Bonchev–Trinajstić information content (AvgIpc) is 2.92. The Balaban J connectivity index is 0.00000364. The number of H-pyrrole nitrogens is 1. The van der Waals surface area contributed by atoms with Crippen LogP contribution in [0.4, 0.5) is 0 Å². The van der Waals surface area contributed by atoms with Crippen molar-refractivity contribution < 1.29 is 4.79 Å². The zero-order chi connectivity index (χ0) is 19.5. The molecule has 9 heteroatoms. The number of nitrogens with one attached hydrogen (secondary N) is 2. The highest BCUT2D eigenvalue weighted by Gasteiger charge is 2.28. The summed E-state index contributed by atoms with van der Waals surface area (Å²) >= 11 is 2.99. The van der Waals surface area contributed by atoms with Crippen molar-refractivity contribution in [2.45, 2.75) is 64.0 Å². The third kappa shape index (κ3) is 5.25. The molecule has 2 aromatic rings. The third-order valence-electron chi connectivity index (χ3n) is 5.06. The Morgan fingerprint density at radius 1 is 1.37 bits per heavy atom. The lowest BCUT2D eigenvalue weighted by molar-refractivity contribution is -0.122. The predicted molar refractivity (Wildman–Crippen MR) is 118 cm³/mol. The standard InChI is InChI=1S/C18H28N4O2S2.ClH/c1-6-18(7-2,9-19)22-15(23)12(5)25-8-13-20-16(24)14-10(3)11(4)26-17(14)21-13;/h12H,6-9,19H2,1-5H3,(H,22,23)(H,20,21,24);1H. The van der Waals surface area contributed by atoms with Gasteiger partial charge in [-0.3, -0.25) is 9.59 Å². The molecule has 6 nitrogen and oxygen atoms in total. The van der Waals surface area contributed by atoms with Crippen LogP contribution in [0.15, 0.2) is 4.79 Å². The minimum Gasteiger partial charge on any atom is -0.348 e. The number of rotatable bonds is 8. The van der Waals surface area contributed by atoms with Crippen molar-refractivity contribution in [3.8, 4) is 0 Å². The molecule has 4 N–H and O–H groups in total. The summed E-state index contributed by atoms with van der Waals surface area (Å²) in [6.45, 7) is 10.3. The van der Waals surface area contributed by atoms with Gasteiger partial charge in [0.05, 0.1) is 21.9 Å². The molecule has 1 amide bonds. The van der Waals surface area contributed by atoms with Crippen LogP contribution in [0.5, 0.6) is 0 Å². The highest BCUT2D eigenvalue weighted by molar-refractivity contribution is 7.99. The number of amides is 1. The Morgan fingerprint density at radius 3 is 2.56 bits per heavy atom. The van der Waals surface area contributed by atoms with Crippen LogP contribution in [-0.2, 0) is 10.5 Å². The first-order valence-electron chi connectivity index (χ1n) is 8.89. The monoisotopic (exact) mass is 432 g/mol. The smallest absolute Gasteiger partial charge is 0.259 e. The van der Waals surface area contributed by atoms with Gasteiger partial charge in [0.2, 0.25) is 5.91 Å². The van der Waals surface area contributed by atoms with Crippen LogP contribution >= 0.6 is 35.5 Å². The first-order valence-corrected chi connectivity index (χ1v) is 10.8. The molecule has 0 aromatic carbocycles. The summed E-state index contributed by atoms with van der Waals surface area (Å²) in [5.41, 5.74) is 6.39. The van der Waals surface area contributed by atoms with Crippen LogP contribution in [0.1, 0.15) is 49.9 Å². The highest BCUT2D eigenvalue weighted by Crippen LogP contribution is 2.26. The molecule has 1 atom stereocenters. The van der Waals surface area contributed by atoms with Crippen molar-refractivity contribution in [2.75, 3.05) is 6.54 Å². The number of hydrogen-bond acceptors (Lipinski definition) is 6. The topological polar surface area (TPSA) is 101 Å². The Bertz CT molecular complexity index is 837. The highest BCUT2D eigenvalue weighted by atomic mass is 35.5. The van der Waals surface area contributed by atoms with E-state index >= 15 is 0 Å². The number of thiophene rings is 1. The number of thioether (sulfide) groups is 1. The van der Waals surface area contributed by atoms with E-state index in [4.69, 9.17) is 5.73 Å². The molecule has 152 valence electrons. The minimum atomic E-state index is -0.344. The molecule has 0 radical (unpaired) electrons. The lowest BCUT2D eigenvalue weighted by Gasteiger charge is -2.32. The largest absolute Gasteiger partial charge is 0.348 e. The van der Waals surface area contributed by atoms with E-state index in [0.29, 0.717) is 23.5 Å². The summed E-state index contributed by atoms with van der Waals surface area (Å²) in [6, 6.07) is 0. The number of aryl methyl sites for hydroxylation is 2. The molecule has 2 heterocycles. The van der Waals surface area contributed by atoms with Crippen molar-refractivity contribution in [3.63, 3.8) is 0 Å². The minimum absolute atomic E-state index is 0. The molecule has 2 rings (SSSR count). The molecule has 27 heavy (non-hydrogen) atoms. The number of halogens is 1. The van der Waals surface area contributed by atoms with Gasteiger partial charge >= 0.3 is 0 Å². The van der Waals surface area contributed by atoms with Crippen LogP contribution in [0, 0.1) is 13.8 Å². The van der Waals surface area contributed by atoms with Gasteiger partial charge in [0.25, 0.3) is 5.56 Å². The van der Waals surface area contributed by atoms with Gasteiger partial charge in [-0.25, -0.2) is 4.98 Å². The SMILES string of the molecule is CCC(CC)(CN)NC(=O)C(C)SCc1nc2sc(C)c(C)c2c(=O)[nH]1.Cl. The van der Waals surface area contributed by atoms with Crippen molar-refractivity contribution >= 4 is 51.6 Å². The molecule has 0 saturated carbocycles. The Hall–Kier alpha value is -1.09. The number of hydrogen-bond donors (Lipinski definition) is 3. The maximum absolute atomic E-state index is 12.5. The Labute approximate surface area is 174 Å². The van der Waals surface area contributed by atoms with Crippen LogP contribution in [0.2, 0.25) is 0 Å². The van der Waals surface area contributed by atoms with Crippen molar-refractivity contribution in [2.24, 2.45) is 5.73 Å². The van der Waals surface area contributed by atoms with Crippen molar-refractivity contribution in [1.82, 2.24) is 15.3 Å². The van der Waals surface area contributed by atoms with E-state index in [1.54, 1.807) is 0 Å². The van der Waals surface area contributed by atoms with E-state index in [9.17, 15) is 9.59 Å². The quantitative estimate of drug-likeness (QED) is 0.594. The fraction of sp³-hybridized carbons (Fsp3) is 0.611. The van der Waals surface area contributed by atoms with Gasteiger partial charge in [0.1, 0.15) is 10.7 Å². The molecule has 0 bridgehead atoms. The van der Waals surface area contributed by atoms with Gasteiger partial charge in [-0.2, -0.15) is 0 Å². The molecule has 0 aliphatic rings. The second-order valence-electron chi connectivity index (χ2n) is 6.61. The number of aromatic amines is 1. The van der Waals surface area contributed by atoms with E-state index in [-0.39, 0.29) is 34.7 Å². The van der Waals surface area contributed by atoms with Crippen molar-refractivity contribution in [3.05, 3.63) is 26.6 Å². The molecule has 0 saturated heterocycles. The van der Waals surface area contributed by atoms with Gasteiger partial charge in [0, 0.05) is 11.4 Å². The number of nitrogens with two attached hydrogens (primary N) is 1. The van der Waals surface area contributed by atoms with Crippen molar-refractivity contribution in [1.29, 1.82) is 0 Å². The molecule has 2 aromatic heterocycles.